The third-order valence-electron chi connectivity index (χ3n) is 7.19. The van der Waals surface area contributed by atoms with E-state index in [-0.39, 0.29) is 11.8 Å². The highest BCUT2D eigenvalue weighted by Gasteiger charge is 2.49. The standard InChI is InChI=1S/C25H20N2O2/c26-23(28)25(24(27)29)11-13-9-19-20(10-14(13)12-25)22-16-6-2-1-5-15(16)21(19)17-7-3-4-8-18(17)22/h1-10,21-22H,11-12H2,(H2,26,28)(H2,27,29). The van der Waals surface area contributed by atoms with Crippen LogP contribution in [-0.4, -0.2) is 11.8 Å². The molecule has 4 heteroatoms. The van der Waals surface area contributed by atoms with Crippen molar-refractivity contribution in [3.8, 4) is 0 Å². The summed E-state index contributed by atoms with van der Waals surface area (Å²) < 4.78 is 0. The number of primary amides is 2. The molecular weight excluding hydrogens is 360 g/mol. The SMILES string of the molecule is NC(=O)C1(C(N)=O)Cc2cc3c(cc2C1)C1c2ccccc2C3c2ccccc21. The smallest absolute Gasteiger partial charge is 0.233 e. The van der Waals surface area contributed by atoms with Gasteiger partial charge in [0.15, 0.2) is 0 Å². The van der Waals surface area contributed by atoms with E-state index in [2.05, 4.69) is 60.7 Å². The summed E-state index contributed by atoms with van der Waals surface area (Å²) in [7, 11) is 0. The molecule has 0 fully saturated rings. The zero-order chi connectivity index (χ0) is 19.9. The normalized spacial score (nSPS) is 21.7. The largest absolute Gasteiger partial charge is 0.369 e. The van der Waals surface area contributed by atoms with Crippen LogP contribution in [0, 0.1) is 5.41 Å². The van der Waals surface area contributed by atoms with E-state index in [9.17, 15) is 9.59 Å². The lowest BCUT2D eigenvalue weighted by Gasteiger charge is -2.42. The second-order valence-electron chi connectivity index (χ2n) is 8.54. The van der Waals surface area contributed by atoms with Gasteiger partial charge in [-0.05, 0) is 57.3 Å². The molecule has 0 saturated heterocycles. The van der Waals surface area contributed by atoms with Crippen molar-refractivity contribution in [2.75, 3.05) is 0 Å². The molecule has 0 saturated carbocycles. The number of hydrogen-bond acceptors (Lipinski definition) is 2. The average Bonchev–Trinajstić information content (AvgIpc) is 3.12. The van der Waals surface area contributed by atoms with Crippen LogP contribution in [0.4, 0.5) is 0 Å². The number of fused-ring (bicyclic) bond motifs is 1. The number of hydrogen-bond donors (Lipinski definition) is 2. The molecule has 4 aliphatic carbocycles. The molecular formula is C25H20N2O2. The minimum atomic E-state index is -1.31. The van der Waals surface area contributed by atoms with Crippen molar-refractivity contribution < 1.29 is 9.59 Å². The summed E-state index contributed by atoms with van der Waals surface area (Å²) in [5.41, 5.74) is 19.9. The minimum Gasteiger partial charge on any atom is -0.369 e. The monoisotopic (exact) mass is 380 g/mol. The lowest BCUT2D eigenvalue weighted by Crippen LogP contribution is -2.48. The summed E-state index contributed by atoms with van der Waals surface area (Å²) in [5, 5.41) is 0. The van der Waals surface area contributed by atoms with Gasteiger partial charge in [-0.15, -0.1) is 0 Å². The van der Waals surface area contributed by atoms with E-state index in [1.807, 2.05) is 0 Å². The predicted molar refractivity (Wildman–Crippen MR) is 109 cm³/mol. The first-order chi connectivity index (χ1) is 14.0. The topological polar surface area (TPSA) is 86.2 Å². The highest BCUT2D eigenvalue weighted by atomic mass is 16.2. The Hall–Kier alpha value is -3.40. The molecule has 3 aromatic rings. The molecule has 0 aromatic heterocycles. The maximum Gasteiger partial charge on any atom is 0.233 e. The highest BCUT2D eigenvalue weighted by molar-refractivity contribution is 6.05. The molecule has 2 amide bonds. The molecule has 3 aromatic carbocycles. The Morgan fingerprint density at radius 1 is 0.655 bits per heavy atom. The van der Waals surface area contributed by atoms with Crippen LogP contribution in [0.15, 0.2) is 60.7 Å². The number of carbonyl (C=O) groups is 2. The molecule has 0 spiro atoms. The first kappa shape index (κ1) is 16.5. The van der Waals surface area contributed by atoms with Gasteiger partial charge in [-0.25, -0.2) is 0 Å². The molecule has 0 radical (unpaired) electrons. The quantitative estimate of drug-likeness (QED) is 0.461. The fourth-order valence-electron chi connectivity index (χ4n) is 5.82. The van der Waals surface area contributed by atoms with Gasteiger partial charge >= 0.3 is 0 Å². The summed E-state index contributed by atoms with van der Waals surface area (Å²) in [6.07, 6.45) is 0.585. The molecule has 4 aliphatic rings. The van der Waals surface area contributed by atoms with Crippen molar-refractivity contribution in [2.45, 2.75) is 24.7 Å². The molecule has 0 atom stereocenters. The Morgan fingerprint density at radius 2 is 1.00 bits per heavy atom. The van der Waals surface area contributed by atoms with Gasteiger partial charge in [0.05, 0.1) is 0 Å². The highest BCUT2D eigenvalue weighted by Crippen LogP contribution is 2.56. The number of carbonyl (C=O) groups excluding carboxylic acids is 2. The molecule has 0 unspecified atom stereocenters. The van der Waals surface area contributed by atoms with E-state index in [1.54, 1.807) is 0 Å². The Kier molecular flexibility index (Phi) is 3.05. The number of rotatable bonds is 2. The number of nitrogens with two attached hydrogens (primary N) is 2. The average molecular weight is 380 g/mol. The minimum absolute atomic E-state index is 0.171. The van der Waals surface area contributed by atoms with Gasteiger partial charge in [-0.2, -0.15) is 0 Å². The van der Waals surface area contributed by atoms with Crippen LogP contribution in [0.3, 0.4) is 0 Å². The summed E-state index contributed by atoms with van der Waals surface area (Å²) in [5.74, 6) is -0.919. The van der Waals surface area contributed by atoms with Crippen LogP contribution < -0.4 is 11.5 Å². The van der Waals surface area contributed by atoms with Gasteiger partial charge in [-0.3, -0.25) is 9.59 Å². The summed E-state index contributed by atoms with van der Waals surface area (Å²) >= 11 is 0. The van der Waals surface area contributed by atoms with E-state index in [4.69, 9.17) is 11.5 Å². The van der Waals surface area contributed by atoms with Crippen molar-refractivity contribution in [1.82, 2.24) is 0 Å². The Bertz CT molecular complexity index is 1100. The molecule has 2 bridgehead atoms. The van der Waals surface area contributed by atoms with Gasteiger partial charge < -0.3 is 11.5 Å². The summed E-state index contributed by atoms with van der Waals surface area (Å²) in [6, 6.07) is 21.7. The van der Waals surface area contributed by atoms with Gasteiger partial charge in [0.2, 0.25) is 11.8 Å². The molecule has 0 aliphatic heterocycles. The second kappa shape index (κ2) is 5.35. The summed E-state index contributed by atoms with van der Waals surface area (Å²) in [4.78, 5) is 24.3. The maximum absolute atomic E-state index is 12.2. The summed E-state index contributed by atoms with van der Waals surface area (Å²) in [6.45, 7) is 0. The fraction of sp³-hybridized carbons (Fsp3) is 0.200. The van der Waals surface area contributed by atoms with Crippen molar-refractivity contribution in [2.24, 2.45) is 16.9 Å². The van der Waals surface area contributed by atoms with E-state index >= 15 is 0 Å². The molecule has 0 heterocycles. The Morgan fingerprint density at radius 3 is 1.31 bits per heavy atom. The van der Waals surface area contributed by atoms with Crippen LogP contribution in [0.25, 0.3) is 0 Å². The van der Waals surface area contributed by atoms with Crippen molar-refractivity contribution in [3.63, 3.8) is 0 Å². The van der Waals surface area contributed by atoms with Gasteiger partial charge in [-0.1, -0.05) is 60.7 Å². The van der Waals surface area contributed by atoms with Crippen molar-refractivity contribution >= 4 is 11.8 Å². The third-order valence-corrected chi connectivity index (χ3v) is 7.19. The lowest BCUT2D eigenvalue weighted by molar-refractivity contribution is -0.139. The second-order valence-corrected chi connectivity index (χ2v) is 8.54. The lowest BCUT2D eigenvalue weighted by atomic mass is 9.61. The van der Waals surface area contributed by atoms with Gasteiger partial charge in [0.1, 0.15) is 5.41 Å². The molecule has 7 rings (SSSR count). The first-order valence-corrected chi connectivity index (χ1v) is 9.94. The number of amides is 2. The van der Waals surface area contributed by atoms with Crippen molar-refractivity contribution in [1.29, 1.82) is 0 Å². The first-order valence-electron chi connectivity index (χ1n) is 9.94. The zero-order valence-electron chi connectivity index (χ0n) is 15.8. The van der Waals surface area contributed by atoms with Crippen LogP contribution in [0.2, 0.25) is 0 Å². The predicted octanol–water partition coefficient (Wildman–Crippen LogP) is 2.73. The van der Waals surface area contributed by atoms with E-state index < -0.39 is 17.2 Å². The Labute approximate surface area is 168 Å². The number of benzene rings is 3. The fourth-order valence-corrected chi connectivity index (χ4v) is 5.82. The van der Waals surface area contributed by atoms with Gasteiger partial charge in [0, 0.05) is 11.8 Å². The molecule has 4 nitrogen and oxygen atoms in total. The molecule has 4 N–H and O–H groups in total. The third kappa shape index (κ3) is 1.93. The van der Waals surface area contributed by atoms with Crippen LogP contribution in [0.5, 0.6) is 0 Å². The van der Waals surface area contributed by atoms with Crippen molar-refractivity contribution in [3.05, 3.63) is 105 Å². The molecule has 142 valence electrons. The van der Waals surface area contributed by atoms with Crippen LogP contribution in [0.1, 0.15) is 56.3 Å². The molecule has 29 heavy (non-hydrogen) atoms. The van der Waals surface area contributed by atoms with E-state index in [1.165, 1.54) is 33.4 Å². The van der Waals surface area contributed by atoms with Crippen LogP contribution >= 0.6 is 0 Å². The van der Waals surface area contributed by atoms with Gasteiger partial charge in [0.25, 0.3) is 0 Å². The Balaban J connectivity index is 1.59. The van der Waals surface area contributed by atoms with E-state index in [0.717, 1.165) is 11.1 Å². The zero-order valence-corrected chi connectivity index (χ0v) is 15.8. The maximum atomic E-state index is 12.2. The van der Waals surface area contributed by atoms with E-state index in [0.29, 0.717) is 12.8 Å². The van der Waals surface area contributed by atoms with Crippen LogP contribution in [-0.2, 0) is 22.4 Å².